The van der Waals surface area contributed by atoms with Crippen LogP contribution in [-0.4, -0.2) is 36.0 Å². The van der Waals surface area contributed by atoms with Crippen LogP contribution in [0, 0.1) is 0 Å². The minimum atomic E-state index is -0.441. The normalized spacial score (nSPS) is 21.8. The summed E-state index contributed by atoms with van der Waals surface area (Å²) in [4.78, 5) is 26.3. The van der Waals surface area contributed by atoms with Gasteiger partial charge in [-0.05, 0) is 31.4 Å². The molecule has 0 saturated carbocycles. The number of carbonyl (C=O) groups is 2. The third-order valence-electron chi connectivity index (χ3n) is 3.85. The molecule has 0 aromatic heterocycles. The van der Waals surface area contributed by atoms with Gasteiger partial charge in [0.2, 0.25) is 0 Å². The first-order valence-corrected chi connectivity index (χ1v) is 7.14. The van der Waals surface area contributed by atoms with E-state index in [0.29, 0.717) is 12.0 Å². The van der Waals surface area contributed by atoms with Crippen molar-refractivity contribution in [1.82, 2.24) is 4.90 Å². The van der Waals surface area contributed by atoms with E-state index in [1.165, 1.54) is 7.11 Å². The fourth-order valence-corrected chi connectivity index (χ4v) is 2.90. The predicted molar refractivity (Wildman–Crippen MR) is 76.3 cm³/mol. The van der Waals surface area contributed by atoms with Crippen molar-refractivity contribution in [2.75, 3.05) is 7.11 Å². The Morgan fingerprint density at radius 3 is 2.55 bits per heavy atom. The maximum absolute atomic E-state index is 12.7. The largest absolute Gasteiger partial charge is 0.467 e. The van der Waals surface area contributed by atoms with Gasteiger partial charge in [-0.15, -0.1) is 0 Å². The zero-order chi connectivity index (χ0) is 14.5. The molecule has 20 heavy (non-hydrogen) atoms. The van der Waals surface area contributed by atoms with Gasteiger partial charge in [0.15, 0.2) is 0 Å². The summed E-state index contributed by atoms with van der Waals surface area (Å²) in [5, 5.41) is 0. The zero-order valence-corrected chi connectivity index (χ0v) is 12.0. The highest BCUT2D eigenvalue weighted by molar-refractivity contribution is 5.97. The van der Waals surface area contributed by atoms with E-state index in [4.69, 9.17) is 4.74 Å². The Kier molecular flexibility index (Phi) is 4.77. The van der Waals surface area contributed by atoms with E-state index < -0.39 is 6.04 Å². The zero-order valence-electron chi connectivity index (χ0n) is 12.0. The Bertz CT molecular complexity index is 472. The number of ether oxygens (including phenoxy) is 1. The molecule has 4 nitrogen and oxygen atoms in total. The highest BCUT2D eigenvalue weighted by Gasteiger charge is 2.41. The molecule has 1 aromatic rings. The second-order valence-corrected chi connectivity index (χ2v) is 5.14. The lowest BCUT2D eigenvalue weighted by Crippen LogP contribution is -2.45. The molecule has 1 aromatic carbocycles. The number of benzene rings is 1. The third-order valence-corrected chi connectivity index (χ3v) is 3.85. The van der Waals surface area contributed by atoms with Crippen molar-refractivity contribution in [1.29, 1.82) is 0 Å². The number of nitrogens with zero attached hydrogens (tertiary/aromatic N) is 1. The fraction of sp³-hybridized carbons (Fsp3) is 0.500. The van der Waals surface area contributed by atoms with E-state index in [9.17, 15) is 9.59 Å². The molecule has 4 heteroatoms. The van der Waals surface area contributed by atoms with E-state index in [1.807, 2.05) is 18.2 Å². The van der Waals surface area contributed by atoms with Gasteiger partial charge in [-0.25, -0.2) is 4.79 Å². The van der Waals surface area contributed by atoms with E-state index >= 15 is 0 Å². The number of hydrogen-bond acceptors (Lipinski definition) is 3. The van der Waals surface area contributed by atoms with Crippen molar-refractivity contribution in [3.05, 3.63) is 35.9 Å². The Morgan fingerprint density at radius 2 is 1.95 bits per heavy atom. The summed E-state index contributed by atoms with van der Waals surface area (Å²) in [5.74, 6) is -0.384. The van der Waals surface area contributed by atoms with Crippen LogP contribution in [0.2, 0.25) is 0 Å². The predicted octanol–water partition coefficient (Wildman–Crippen LogP) is 2.63. The minimum absolute atomic E-state index is 0.0723. The number of carbonyl (C=O) groups excluding carboxylic acids is 2. The van der Waals surface area contributed by atoms with Crippen molar-refractivity contribution in [3.8, 4) is 0 Å². The van der Waals surface area contributed by atoms with Crippen LogP contribution in [0.3, 0.4) is 0 Å². The van der Waals surface area contributed by atoms with Crippen LogP contribution >= 0.6 is 0 Å². The van der Waals surface area contributed by atoms with Gasteiger partial charge in [0.25, 0.3) is 5.91 Å². The second kappa shape index (κ2) is 6.55. The summed E-state index contributed by atoms with van der Waals surface area (Å²) in [6, 6.07) is 8.83. The van der Waals surface area contributed by atoms with E-state index in [0.717, 1.165) is 19.3 Å². The summed E-state index contributed by atoms with van der Waals surface area (Å²) in [6.07, 6.45) is 3.48. The number of likely N-dealkylation sites (tertiary alicyclic amines) is 1. The van der Waals surface area contributed by atoms with Gasteiger partial charge in [0.05, 0.1) is 7.11 Å². The van der Waals surface area contributed by atoms with Crippen molar-refractivity contribution in [2.45, 2.75) is 44.7 Å². The average Bonchev–Trinajstić information content (AvgIpc) is 2.90. The quantitative estimate of drug-likeness (QED) is 0.794. The van der Waals surface area contributed by atoms with Crippen LogP contribution in [0.1, 0.15) is 43.0 Å². The monoisotopic (exact) mass is 275 g/mol. The first-order valence-electron chi connectivity index (χ1n) is 7.14. The smallest absolute Gasteiger partial charge is 0.328 e. The molecule has 1 saturated heterocycles. The van der Waals surface area contributed by atoms with Gasteiger partial charge < -0.3 is 9.64 Å². The summed E-state index contributed by atoms with van der Waals surface area (Å²) < 4.78 is 4.84. The molecule has 0 N–H and O–H groups in total. The molecule has 1 heterocycles. The van der Waals surface area contributed by atoms with Crippen LogP contribution in [0.15, 0.2) is 30.3 Å². The van der Waals surface area contributed by atoms with Gasteiger partial charge in [0.1, 0.15) is 6.04 Å². The molecule has 0 spiro atoms. The Labute approximate surface area is 119 Å². The average molecular weight is 275 g/mol. The van der Waals surface area contributed by atoms with Gasteiger partial charge in [-0.3, -0.25) is 4.79 Å². The Morgan fingerprint density at radius 1 is 1.25 bits per heavy atom. The van der Waals surface area contributed by atoms with E-state index in [2.05, 4.69) is 6.92 Å². The third kappa shape index (κ3) is 2.84. The van der Waals surface area contributed by atoms with Crippen molar-refractivity contribution >= 4 is 11.9 Å². The van der Waals surface area contributed by atoms with Crippen LogP contribution < -0.4 is 0 Å². The Hall–Kier alpha value is -1.84. The molecule has 1 fully saturated rings. The highest BCUT2D eigenvalue weighted by atomic mass is 16.5. The van der Waals surface area contributed by atoms with Crippen molar-refractivity contribution in [2.24, 2.45) is 0 Å². The first kappa shape index (κ1) is 14.6. The van der Waals surface area contributed by atoms with E-state index in [1.54, 1.807) is 17.0 Å². The number of amides is 1. The van der Waals surface area contributed by atoms with Crippen molar-refractivity contribution in [3.63, 3.8) is 0 Å². The van der Waals surface area contributed by atoms with Crippen molar-refractivity contribution < 1.29 is 14.3 Å². The molecule has 1 unspecified atom stereocenters. The molecule has 2 atom stereocenters. The number of hydrogen-bond donors (Lipinski definition) is 0. The topological polar surface area (TPSA) is 46.6 Å². The SMILES string of the molecule is CCCC1CC[C@@H](C(=O)OC)N1C(=O)c1ccccc1. The lowest BCUT2D eigenvalue weighted by atomic mass is 10.1. The maximum Gasteiger partial charge on any atom is 0.328 e. The lowest BCUT2D eigenvalue weighted by molar-refractivity contribution is -0.145. The molecule has 0 aliphatic carbocycles. The van der Waals surface area contributed by atoms with Crippen LogP contribution in [0.5, 0.6) is 0 Å². The molecular formula is C16H21NO3. The highest BCUT2D eigenvalue weighted by Crippen LogP contribution is 2.29. The van der Waals surface area contributed by atoms with Crippen LogP contribution in [0.25, 0.3) is 0 Å². The van der Waals surface area contributed by atoms with Gasteiger partial charge in [0, 0.05) is 11.6 Å². The fourth-order valence-electron chi connectivity index (χ4n) is 2.90. The van der Waals surface area contributed by atoms with Crippen LogP contribution in [-0.2, 0) is 9.53 Å². The number of methoxy groups -OCH3 is 1. The molecule has 1 aliphatic heterocycles. The first-order chi connectivity index (χ1) is 9.69. The number of esters is 1. The summed E-state index contributed by atoms with van der Waals surface area (Å²) in [5.41, 5.74) is 0.629. The molecule has 1 amide bonds. The molecule has 1 aliphatic rings. The summed E-state index contributed by atoms with van der Waals surface area (Å²) in [6.45, 7) is 2.09. The van der Waals surface area contributed by atoms with Gasteiger partial charge >= 0.3 is 5.97 Å². The molecular weight excluding hydrogens is 254 g/mol. The maximum atomic E-state index is 12.7. The lowest BCUT2D eigenvalue weighted by Gasteiger charge is -2.29. The minimum Gasteiger partial charge on any atom is -0.467 e. The summed E-state index contributed by atoms with van der Waals surface area (Å²) >= 11 is 0. The van der Waals surface area contributed by atoms with Gasteiger partial charge in [-0.1, -0.05) is 31.5 Å². The Balaban J connectivity index is 2.26. The van der Waals surface area contributed by atoms with Gasteiger partial charge in [-0.2, -0.15) is 0 Å². The molecule has 2 rings (SSSR count). The number of rotatable bonds is 4. The second-order valence-electron chi connectivity index (χ2n) is 5.14. The summed E-state index contributed by atoms with van der Waals surface area (Å²) in [7, 11) is 1.38. The standard InChI is InChI=1S/C16H21NO3/c1-3-7-13-10-11-14(16(19)20-2)17(13)15(18)12-8-5-4-6-9-12/h4-6,8-9,13-14H,3,7,10-11H2,1-2H3/t13?,14-/m0/s1. The molecule has 0 radical (unpaired) electrons. The molecule has 0 bridgehead atoms. The van der Waals surface area contributed by atoms with E-state index in [-0.39, 0.29) is 17.9 Å². The van der Waals surface area contributed by atoms with Crippen LogP contribution in [0.4, 0.5) is 0 Å². The molecule has 108 valence electrons.